The largest absolute Gasteiger partial charge is 0.353 e. The van der Waals surface area contributed by atoms with E-state index in [9.17, 15) is 5.11 Å². The molecule has 1 saturated heterocycles. The molecule has 3 nitrogen and oxygen atoms in total. The fourth-order valence-corrected chi connectivity index (χ4v) is 1.12. The number of hydrogen-bond acceptors (Lipinski definition) is 2. The van der Waals surface area contributed by atoms with Gasteiger partial charge in [0.1, 0.15) is 0 Å². The summed E-state index contributed by atoms with van der Waals surface area (Å²) >= 11 is 0. The van der Waals surface area contributed by atoms with Gasteiger partial charge in [0.2, 0.25) is 0 Å². The van der Waals surface area contributed by atoms with Crippen molar-refractivity contribution in [3.63, 3.8) is 0 Å². The maximum absolute atomic E-state index is 10.1. The van der Waals surface area contributed by atoms with Gasteiger partial charge in [0, 0.05) is 6.61 Å². The second-order valence-corrected chi connectivity index (χ2v) is 2.72. The fourth-order valence-electron chi connectivity index (χ4n) is 1.12. The van der Waals surface area contributed by atoms with Crippen molar-refractivity contribution in [3.05, 3.63) is 0 Å². The van der Waals surface area contributed by atoms with Crippen LogP contribution in [0.25, 0.3) is 0 Å². The maximum Gasteiger partial charge on any atom is 0.157 e. The third-order valence-electron chi connectivity index (χ3n) is 1.73. The molecule has 1 rings (SSSR count). The highest BCUT2D eigenvalue weighted by Gasteiger charge is 2.12. The minimum atomic E-state index is -0.0489. The molecule has 1 radical (unpaired) electrons. The summed E-state index contributed by atoms with van der Waals surface area (Å²) in [5, 5.41) is 10.1. The molecule has 0 bridgehead atoms. The van der Waals surface area contributed by atoms with Crippen LogP contribution in [0.3, 0.4) is 0 Å². The Hall–Kier alpha value is -0.120. The van der Waals surface area contributed by atoms with E-state index in [0.29, 0.717) is 13.0 Å². The van der Waals surface area contributed by atoms with Crippen LogP contribution < -0.4 is 0 Å². The van der Waals surface area contributed by atoms with E-state index in [2.05, 4.69) is 0 Å². The smallest absolute Gasteiger partial charge is 0.157 e. The Bertz CT molecular complexity index is 89.3. The van der Waals surface area contributed by atoms with E-state index < -0.39 is 0 Å². The average Bonchev–Trinajstić information content (AvgIpc) is 2.07. The predicted octanol–water partition coefficient (Wildman–Crippen LogP) is 1.35. The van der Waals surface area contributed by atoms with E-state index in [1.165, 1.54) is 6.42 Å². The zero-order valence-electron chi connectivity index (χ0n) is 6.75. The van der Waals surface area contributed by atoms with Crippen molar-refractivity contribution in [1.29, 1.82) is 0 Å². The molecule has 1 heterocycles. The minimum Gasteiger partial charge on any atom is -0.353 e. The lowest BCUT2D eigenvalue weighted by Crippen LogP contribution is -2.22. The summed E-state index contributed by atoms with van der Waals surface area (Å²) < 4.78 is 10.6. The second-order valence-electron chi connectivity index (χ2n) is 2.72. The molecule has 3 heteroatoms. The van der Waals surface area contributed by atoms with Crippen LogP contribution in [0.2, 0.25) is 0 Å². The van der Waals surface area contributed by atoms with Crippen LogP contribution in [0.4, 0.5) is 0 Å². The summed E-state index contributed by atoms with van der Waals surface area (Å²) in [7, 11) is 0. The van der Waals surface area contributed by atoms with Crippen LogP contribution in [-0.2, 0) is 14.6 Å². The van der Waals surface area contributed by atoms with Gasteiger partial charge >= 0.3 is 0 Å². The average molecular weight is 159 g/mol. The first-order chi connectivity index (χ1) is 5.43. The summed E-state index contributed by atoms with van der Waals surface area (Å²) in [6, 6.07) is 0. The van der Waals surface area contributed by atoms with Crippen molar-refractivity contribution in [2.24, 2.45) is 0 Å². The van der Waals surface area contributed by atoms with E-state index >= 15 is 0 Å². The SMILES string of the molecule is [O]CCCOC1CCCCO1. The van der Waals surface area contributed by atoms with E-state index in [4.69, 9.17) is 9.47 Å². The van der Waals surface area contributed by atoms with Gasteiger partial charge in [-0.15, -0.1) is 0 Å². The van der Waals surface area contributed by atoms with Crippen molar-refractivity contribution in [3.8, 4) is 0 Å². The molecule has 65 valence electrons. The topological polar surface area (TPSA) is 38.4 Å². The third-order valence-corrected chi connectivity index (χ3v) is 1.73. The van der Waals surface area contributed by atoms with E-state index in [-0.39, 0.29) is 12.9 Å². The molecule has 1 unspecified atom stereocenters. The minimum absolute atomic E-state index is 0.0321. The molecule has 1 aliphatic rings. The molecule has 1 atom stereocenters. The van der Waals surface area contributed by atoms with Gasteiger partial charge < -0.3 is 9.47 Å². The Labute approximate surface area is 67.3 Å². The molecule has 11 heavy (non-hydrogen) atoms. The quantitative estimate of drug-likeness (QED) is 0.581. The van der Waals surface area contributed by atoms with E-state index in [1.807, 2.05) is 0 Å². The van der Waals surface area contributed by atoms with Gasteiger partial charge in [-0.3, -0.25) is 0 Å². The summed E-state index contributed by atoms with van der Waals surface area (Å²) in [6.07, 6.45) is 3.87. The van der Waals surface area contributed by atoms with E-state index in [0.717, 1.165) is 19.4 Å². The zero-order valence-corrected chi connectivity index (χ0v) is 6.75. The van der Waals surface area contributed by atoms with Crippen molar-refractivity contribution < 1.29 is 14.6 Å². The first kappa shape index (κ1) is 8.97. The Balaban J connectivity index is 1.96. The van der Waals surface area contributed by atoms with Gasteiger partial charge in [-0.25, -0.2) is 5.11 Å². The van der Waals surface area contributed by atoms with Gasteiger partial charge in [-0.05, 0) is 25.7 Å². The van der Waals surface area contributed by atoms with Gasteiger partial charge in [0.05, 0.1) is 13.2 Å². The molecular formula is C8H15O3. The summed E-state index contributed by atoms with van der Waals surface area (Å²) in [4.78, 5) is 0. The molecule has 0 N–H and O–H groups in total. The molecule has 0 aliphatic carbocycles. The molecule has 0 saturated carbocycles. The highest BCUT2D eigenvalue weighted by Crippen LogP contribution is 2.13. The van der Waals surface area contributed by atoms with Gasteiger partial charge in [-0.1, -0.05) is 0 Å². The number of rotatable bonds is 4. The van der Waals surface area contributed by atoms with Crippen LogP contribution in [0.15, 0.2) is 0 Å². The van der Waals surface area contributed by atoms with Gasteiger partial charge in [-0.2, -0.15) is 0 Å². The summed E-state index contributed by atoms with van der Waals surface area (Å²) in [5.41, 5.74) is 0. The van der Waals surface area contributed by atoms with Crippen molar-refractivity contribution in [2.75, 3.05) is 19.8 Å². The van der Waals surface area contributed by atoms with Crippen molar-refractivity contribution in [2.45, 2.75) is 32.0 Å². The Morgan fingerprint density at radius 3 is 3.00 bits per heavy atom. The van der Waals surface area contributed by atoms with Crippen molar-refractivity contribution >= 4 is 0 Å². The molecule has 0 spiro atoms. The highest BCUT2D eigenvalue weighted by atomic mass is 16.7. The van der Waals surface area contributed by atoms with Crippen LogP contribution in [0.1, 0.15) is 25.7 Å². The molecule has 1 aliphatic heterocycles. The molecular weight excluding hydrogens is 144 g/mol. The second kappa shape index (κ2) is 5.52. The van der Waals surface area contributed by atoms with Crippen LogP contribution in [0.5, 0.6) is 0 Å². The predicted molar refractivity (Wildman–Crippen MR) is 39.7 cm³/mol. The molecule has 0 amide bonds. The monoisotopic (exact) mass is 159 g/mol. The van der Waals surface area contributed by atoms with Crippen molar-refractivity contribution in [1.82, 2.24) is 0 Å². The first-order valence-electron chi connectivity index (χ1n) is 4.25. The lowest BCUT2D eigenvalue weighted by molar-refractivity contribution is -0.164. The Kier molecular flexibility index (Phi) is 4.50. The first-order valence-corrected chi connectivity index (χ1v) is 4.25. The Morgan fingerprint density at radius 1 is 1.45 bits per heavy atom. The van der Waals surface area contributed by atoms with Gasteiger partial charge in [0.25, 0.3) is 0 Å². The maximum atomic E-state index is 10.1. The molecule has 0 aromatic heterocycles. The molecule has 1 fully saturated rings. The van der Waals surface area contributed by atoms with E-state index in [1.54, 1.807) is 0 Å². The van der Waals surface area contributed by atoms with Gasteiger partial charge in [0.15, 0.2) is 6.29 Å². The normalized spacial score (nSPS) is 25.4. The van der Waals surface area contributed by atoms with Crippen LogP contribution in [-0.4, -0.2) is 26.1 Å². The molecule has 0 aromatic carbocycles. The van der Waals surface area contributed by atoms with Crippen LogP contribution >= 0.6 is 0 Å². The molecule has 0 aromatic rings. The Morgan fingerprint density at radius 2 is 2.36 bits per heavy atom. The summed E-state index contributed by atoms with van der Waals surface area (Å²) in [6.45, 7) is 1.31. The number of ether oxygens (including phenoxy) is 2. The van der Waals surface area contributed by atoms with Crippen LogP contribution in [0, 0.1) is 0 Å². The number of hydrogen-bond donors (Lipinski definition) is 0. The fraction of sp³-hybridized carbons (Fsp3) is 1.00. The summed E-state index contributed by atoms with van der Waals surface area (Å²) in [5.74, 6) is 0. The third kappa shape index (κ3) is 3.70. The standard InChI is InChI=1S/C8H15O3/c9-5-3-7-11-8-4-1-2-6-10-8/h8H,1-7H2. The highest BCUT2D eigenvalue weighted by molar-refractivity contribution is 4.53. The zero-order chi connectivity index (χ0) is 7.94. The lowest BCUT2D eigenvalue weighted by atomic mass is 10.2. The lowest BCUT2D eigenvalue weighted by Gasteiger charge is -2.22.